The highest BCUT2D eigenvalue weighted by Crippen LogP contribution is 2.30. The van der Waals surface area contributed by atoms with Crippen molar-refractivity contribution in [2.45, 2.75) is 39.2 Å². The van der Waals surface area contributed by atoms with Crippen LogP contribution in [0, 0.1) is 0 Å². The van der Waals surface area contributed by atoms with Gasteiger partial charge in [0.15, 0.2) is 23.0 Å². The van der Waals surface area contributed by atoms with E-state index in [0.29, 0.717) is 17.9 Å². The van der Waals surface area contributed by atoms with Crippen LogP contribution >= 0.6 is 0 Å². The van der Waals surface area contributed by atoms with Crippen LogP contribution in [-0.4, -0.2) is 23.4 Å². The number of ether oxygens (including phenoxy) is 2. The smallest absolute Gasteiger partial charge is 0.161 e. The number of aryl methyl sites for hydroxylation is 1. The second kappa shape index (κ2) is 7.77. The molecule has 2 N–H and O–H groups in total. The highest BCUT2D eigenvalue weighted by atomic mass is 16.5. The Morgan fingerprint density at radius 3 is 2.35 bits per heavy atom. The first-order valence-electron chi connectivity index (χ1n) is 7.88. The van der Waals surface area contributed by atoms with Crippen molar-refractivity contribution in [1.29, 1.82) is 0 Å². The molecule has 0 aliphatic heterocycles. The Hall–Kier alpha value is -2.36. The standard InChI is InChI=1S/C19H24O4/c1-4-5-14-7-9-18(17(21)11-14)23-13(2)10-15-6-8-16(20)19(12-15)22-3/h6-9,11-13,20-21H,4-5,10H2,1-3H3/t13-/m1/s1. The molecule has 0 spiro atoms. The van der Waals surface area contributed by atoms with Crippen molar-refractivity contribution in [3.05, 3.63) is 47.5 Å². The normalized spacial score (nSPS) is 12.0. The van der Waals surface area contributed by atoms with Crippen molar-refractivity contribution >= 4 is 0 Å². The van der Waals surface area contributed by atoms with E-state index in [4.69, 9.17) is 9.47 Å². The molecule has 0 aromatic heterocycles. The molecule has 0 radical (unpaired) electrons. The van der Waals surface area contributed by atoms with E-state index in [9.17, 15) is 10.2 Å². The molecule has 0 aliphatic carbocycles. The fourth-order valence-corrected chi connectivity index (χ4v) is 2.55. The molecule has 0 saturated carbocycles. The third-order valence-electron chi connectivity index (χ3n) is 3.66. The fraction of sp³-hybridized carbons (Fsp3) is 0.368. The van der Waals surface area contributed by atoms with Crippen LogP contribution in [0.1, 0.15) is 31.4 Å². The molecule has 0 bridgehead atoms. The maximum absolute atomic E-state index is 10.1. The van der Waals surface area contributed by atoms with Crippen LogP contribution < -0.4 is 9.47 Å². The van der Waals surface area contributed by atoms with E-state index in [1.807, 2.05) is 25.1 Å². The van der Waals surface area contributed by atoms with E-state index in [1.54, 1.807) is 18.2 Å². The van der Waals surface area contributed by atoms with Crippen molar-refractivity contribution in [2.75, 3.05) is 7.11 Å². The van der Waals surface area contributed by atoms with Crippen molar-refractivity contribution in [1.82, 2.24) is 0 Å². The summed E-state index contributed by atoms with van der Waals surface area (Å²) in [5.74, 6) is 1.23. The Morgan fingerprint density at radius 1 is 0.957 bits per heavy atom. The molecule has 0 saturated heterocycles. The lowest BCUT2D eigenvalue weighted by atomic mass is 10.1. The maximum atomic E-state index is 10.1. The number of rotatable bonds is 7. The van der Waals surface area contributed by atoms with Gasteiger partial charge in [-0.05, 0) is 48.7 Å². The molecule has 23 heavy (non-hydrogen) atoms. The molecule has 0 aliphatic rings. The Kier molecular flexibility index (Phi) is 5.74. The third-order valence-corrected chi connectivity index (χ3v) is 3.66. The monoisotopic (exact) mass is 316 g/mol. The van der Waals surface area contributed by atoms with Gasteiger partial charge in [-0.3, -0.25) is 0 Å². The van der Waals surface area contributed by atoms with Crippen molar-refractivity contribution < 1.29 is 19.7 Å². The zero-order valence-electron chi connectivity index (χ0n) is 13.9. The largest absolute Gasteiger partial charge is 0.504 e. The summed E-state index contributed by atoms with van der Waals surface area (Å²) in [5.41, 5.74) is 2.10. The van der Waals surface area contributed by atoms with Crippen molar-refractivity contribution in [3.63, 3.8) is 0 Å². The van der Waals surface area contributed by atoms with Gasteiger partial charge in [-0.1, -0.05) is 25.5 Å². The first-order chi connectivity index (χ1) is 11.0. The average molecular weight is 316 g/mol. The highest BCUT2D eigenvalue weighted by molar-refractivity contribution is 5.43. The van der Waals surface area contributed by atoms with Crippen molar-refractivity contribution in [2.24, 2.45) is 0 Å². The molecule has 2 aromatic carbocycles. The van der Waals surface area contributed by atoms with Crippen LogP contribution in [0.15, 0.2) is 36.4 Å². The summed E-state index contributed by atoms with van der Waals surface area (Å²) in [6.45, 7) is 4.05. The minimum Gasteiger partial charge on any atom is -0.504 e. The minimum atomic E-state index is -0.118. The van der Waals surface area contributed by atoms with Crippen LogP contribution in [0.3, 0.4) is 0 Å². The molecule has 4 heteroatoms. The van der Waals surface area contributed by atoms with E-state index < -0.39 is 0 Å². The molecule has 4 nitrogen and oxygen atoms in total. The molecular weight excluding hydrogens is 292 g/mol. The van der Waals surface area contributed by atoms with Gasteiger partial charge in [-0.2, -0.15) is 0 Å². The van der Waals surface area contributed by atoms with E-state index in [-0.39, 0.29) is 17.6 Å². The summed E-state index contributed by atoms with van der Waals surface area (Å²) in [6.07, 6.45) is 2.51. The van der Waals surface area contributed by atoms with E-state index in [0.717, 1.165) is 24.0 Å². The molecule has 2 rings (SSSR count). The lowest BCUT2D eigenvalue weighted by molar-refractivity contribution is 0.213. The molecule has 0 amide bonds. The summed E-state index contributed by atoms with van der Waals surface area (Å²) in [6, 6.07) is 10.8. The van der Waals surface area contributed by atoms with Crippen LogP contribution in [-0.2, 0) is 12.8 Å². The summed E-state index contributed by atoms with van der Waals surface area (Å²) in [4.78, 5) is 0. The van der Waals surface area contributed by atoms with Gasteiger partial charge in [0.2, 0.25) is 0 Å². The minimum absolute atomic E-state index is 0.118. The van der Waals surface area contributed by atoms with Crippen LogP contribution in [0.5, 0.6) is 23.0 Å². The summed E-state index contributed by atoms with van der Waals surface area (Å²) in [7, 11) is 1.52. The Bertz CT molecular complexity index is 652. The second-order valence-electron chi connectivity index (χ2n) is 5.69. The summed E-state index contributed by atoms with van der Waals surface area (Å²) in [5, 5.41) is 19.7. The van der Waals surface area contributed by atoms with Gasteiger partial charge in [-0.15, -0.1) is 0 Å². The predicted molar refractivity (Wildman–Crippen MR) is 90.6 cm³/mol. The topological polar surface area (TPSA) is 58.9 Å². The van der Waals surface area contributed by atoms with Gasteiger partial charge in [0.1, 0.15) is 6.10 Å². The second-order valence-corrected chi connectivity index (χ2v) is 5.69. The molecule has 0 heterocycles. The first-order valence-corrected chi connectivity index (χ1v) is 7.88. The van der Waals surface area contributed by atoms with Crippen LogP contribution in [0.25, 0.3) is 0 Å². The molecule has 0 fully saturated rings. The van der Waals surface area contributed by atoms with Crippen LogP contribution in [0.4, 0.5) is 0 Å². The van der Waals surface area contributed by atoms with Gasteiger partial charge >= 0.3 is 0 Å². The zero-order valence-corrected chi connectivity index (χ0v) is 13.9. The fourth-order valence-electron chi connectivity index (χ4n) is 2.55. The summed E-state index contributed by atoms with van der Waals surface area (Å²) >= 11 is 0. The number of aromatic hydroxyl groups is 2. The van der Waals surface area contributed by atoms with Gasteiger partial charge in [0.25, 0.3) is 0 Å². The predicted octanol–water partition coefficient (Wildman–Crippen LogP) is 4.07. The SMILES string of the molecule is CCCc1ccc(O[C@H](C)Cc2ccc(O)c(OC)c2)c(O)c1. The van der Waals surface area contributed by atoms with E-state index in [2.05, 4.69) is 6.92 Å². The number of methoxy groups -OCH3 is 1. The van der Waals surface area contributed by atoms with E-state index in [1.165, 1.54) is 7.11 Å². The first kappa shape index (κ1) is 17.0. The number of phenols is 2. The van der Waals surface area contributed by atoms with Crippen LogP contribution in [0.2, 0.25) is 0 Å². The number of benzene rings is 2. The molecule has 2 aromatic rings. The average Bonchev–Trinajstić information content (AvgIpc) is 2.52. The summed E-state index contributed by atoms with van der Waals surface area (Å²) < 4.78 is 10.9. The van der Waals surface area contributed by atoms with E-state index >= 15 is 0 Å². The Morgan fingerprint density at radius 2 is 1.70 bits per heavy atom. The number of hydrogen-bond donors (Lipinski definition) is 2. The Balaban J connectivity index is 2.03. The van der Waals surface area contributed by atoms with Crippen molar-refractivity contribution in [3.8, 4) is 23.0 Å². The third kappa shape index (κ3) is 4.55. The number of hydrogen-bond acceptors (Lipinski definition) is 4. The van der Waals surface area contributed by atoms with Gasteiger partial charge in [0.05, 0.1) is 7.11 Å². The zero-order chi connectivity index (χ0) is 16.8. The van der Waals surface area contributed by atoms with Gasteiger partial charge in [0, 0.05) is 6.42 Å². The highest BCUT2D eigenvalue weighted by Gasteiger charge is 2.11. The Labute approximate surface area is 137 Å². The maximum Gasteiger partial charge on any atom is 0.161 e. The lowest BCUT2D eigenvalue weighted by Gasteiger charge is -2.17. The molecule has 0 unspecified atom stereocenters. The quantitative estimate of drug-likeness (QED) is 0.808. The molecule has 1 atom stereocenters. The lowest BCUT2D eigenvalue weighted by Crippen LogP contribution is -2.15. The van der Waals surface area contributed by atoms with Gasteiger partial charge in [-0.25, -0.2) is 0 Å². The number of phenolic OH excluding ortho intramolecular Hbond substituents is 2. The van der Waals surface area contributed by atoms with Gasteiger partial charge < -0.3 is 19.7 Å². The molecular formula is C19H24O4. The molecule has 124 valence electrons.